The van der Waals surface area contributed by atoms with E-state index < -0.39 is 6.10 Å². The second-order valence-corrected chi connectivity index (χ2v) is 8.18. The standard InChI is InChI=1S/C23H29ClFN3O3/c1-17(29)26-22-8-2-3-9-23(22)31-16-18(30)14-27-10-5-11-28(13-12-27)15-19-20(24)6-4-7-21(19)25/h2-4,6-9,18,30H,5,10-16H2,1H3,(H,26,29). The molecule has 6 nitrogen and oxygen atoms in total. The number of hydrogen-bond donors (Lipinski definition) is 2. The lowest BCUT2D eigenvalue weighted by Gasteiger charge is -2.24. The molecule has 31 heavy (non-hydrogen) atoms. The van der Waals surface area contributed by atoms with Gasteiger partial charge in [0, 0.05) is 43.7 Å². The van der Waals surface area contributed by atoms with Gasteiger partial charge in [-0.1, -0.05) is 29.8 Å². The number of nitrogens with one attached hydrogen (secondary N) is 1. The highest BCUT2D eigenvalue weighted by Crippen LogP contribution is 2.24. The maximum Gasteiger partial charge on any atom is 0.221 e. The van der Waals surface area contributed by atoms with E-state index in [4.69, 9.17) is 16.3 Å². The van der Waals surface area contributed by atoms with E-state index in [2.05, 4.69) is 15.1 Å². The monoisotopic (exact) mass is 449 g/mol. The number of hydrogen-bond acceptors (Lipinski definition) is 5. The van der Waals surface area contributed by atoms with Crippen LogP contribution in [-0.2, 0) is 11.3 Å². The zero-order chi connectivity index (χ0) is 22.2. The van der Waals surface area contributed by atoms with Crippen molar-refractivity contribution in [1.29, 1.82) is 0 Å². The number of benzene rings is 2. The molecule has 168 valence electrons. The van der Waals surface area contributed by atoms with E-state index in [9.17, 15) is 14.3 Å². The van der Waals surface area contributed by atoms with E-state index in [0.717, 1.165) is 32.6 Å². The van der Waals surface area contributed by atoms with E-state index in [1.54, 1.807) is 24.3 Å². The molecule has 0 aliphatic carbocycles. The minimum Gasteiger partial charge on any atom is -0.489 e. The van der Waals surface area contributed by atoms with Gasteiger partial charge in [-0.15, -0.1) is 0 Å². The number of ether oxygens (including phenoxy) is 1. The van der Waals surface area contributed by atoms with Crippen LogP contribution in [0.15, 0.2) is 42.5 Å². The first-order chi connectivity index (χ1) is 14.9. The molecule has 1 saturated heterocycles. The molecule has 3 rings (SSSR count). The summed E-state index contributed by atoms with van der Waals surface area (Å²) in [4.78, 5) is 15.7. The van der Waals surface area contributed by atoms with Crippen molar-refractivity contribution in [2.75, 3.05) is 44.6 Å². The molecular formula is C23H29ClFN3O3. The molecule has 1 heterocycles. The van der Waals surface area contributed by atoms with Crippen LogP contribution in [0.1, 0.15) is 18.9 Å². The first-order valence-corrected chi connectivity index (χ1v) is 10.8. The molecule has 1 unspecified atom stereocenters. The molecule has 0 aromatic heterocycles. The minimum atomic E-state index is -0.669. The average Bonchev–Trinajstić information content (AvgIpc) is 2.95. The van der Waals surface area contributed by atoms with Crippen molar-refractivity contribution in [3.63, 3.8) is 0 Å². The van der Waals surface area contributed by atoms with Gasteiger partial charge in [0.1, 0.15) is 24.3 Å². The summed E-state index contributed by atoms with van der Waals surface area (Å²) >= 11 is 6.16. The summed E-state index contributed by atoms with van der Waals surface area (Å²) in [7, 11) is 0. The predicted molar refractivity (Wildman–Crippen MR) is 120 cm³/mol. The van der Waals surface area contributed by atoms with Crippen LogP contribution in [0.4, 0.5) is 10.1 Å². The van der Waals surface area contributed by atoms with Gasteiger partial charge in [-0.3, -0.25) is 14.6 Å². The van der Waals surface area contributed by atoms with Crippen molar-refractivity contribution in [2.45, 2.75) is 26.0 Å². The quantitative estimate of drug-likeness (QED) is 0.646. The smallest absolute Gasteiger partial charge is 0.221 e. The van der Waals surface area contributed by atoms with Crippen molar-refractivity contribution in [3.05, 3.63) is 58.9 Å². The normalized spacial score (nSPS) is 16.5. The highest BCUT2D eigenvalue weighted by Gasteiger charge is 2.20. The third kappa shape index (κ3) is 7.18. The fraction of sp³-hybridized carbons (Fsp3) is 0.435. The van der Waals surface area contributed by atoms with Crippen LogP contribution in [0.5, 0.6) is 5.75 Å². The number of carbonyl (C=O) groups is 1. The van der Waals surface area contributed by atoms with Crippen molar-refractivity contribution in [3.8, 4) is 5.75 Å². The lowest BCUT2D eigenvalue weighted by atomic mass is 10.2. The first-order valence-electron chi connectivity index (χ1n) is 10.5. The van der Waals surface area contributed by atoms with Crippen LogP contribution >= 0.6 is 11.6 Å². The summed E-state index contributed by atoms with van der Waals surface area (Å²) in [6.07, 6.45) is 0.253. The third-order valence-electron chi connectivity index (χ3n) is 5.22. The summed E-state index contributed by atoms with van der Waals surface area (Å²) < 4.78 is 19.8. The van der Waals surface area contributed by atoms with E-state index in [1.165, 1.54) is 13.0 Å². The number of β-amino-alcohol motifs (C(OH)–C–C–N with tert-alkyl or cyclic N) is 1. The van der Waals surface area contributed by atoms with Gasteiger partial charge in [0.05, 0.1) is 5.69 Å². The molecule has 2 aromatic rings. The van der Waals surface area contributed by atoms with Gasteiger partial charge in [0.2, 0.25) is 5.91 Å². The number of aliphatic hydroxyl groups excluding tert-OH is 1. The molecule has 0 saturated carbocycles. The molecule has 1 aliphatic rings. The lowest BCUT2D eigenvalue weighted by Crippen LogP contribution is -2.38. The highest BCUT2D eigenvalue weighted by molar-refractivity contribution is 6.31. The Kier molecular flexibility index (Phi) is 8.66. The highest BCUT2D eigenvalue weighted by atomic mass is 35.5. The maximum absolute atomic E-state index is 14.1. The summed E-state index contributed by atoms with van der Waals surface area (Å²) in [6, 6.07) is 11.9. The van der Waals surface area contributed by atoms with Crippen molar-refractivity contribution in [1.82, 2.24) is 9.80 Å². The number of carbonyl (C=O) groups excluding carboxylic acids is 1. The number of amides is 1. The molecule has 1 fully saturated rings. The Balaban J connectivity index is 1.47. The molecule has 0 spiro atoms. The molecule has 1 amide bonds. The summed E-state index contributed by atoms with van der Waals surface area (Å²) in [5, 5.41) is 13.6. The molecular weight excluding hydrogens is 421 g/mol. The number of nitrogens with zero attached hydrogens (tertiary/aromatic N) is 2. The van der Waals surface area contributed by atoms with Gasteiger partial charge < -0.3 is 15.2 Å². The van der Waals surface area contributed by atoms with Gasteiger partial charge >= 0.3 is 0 Å². The Morgan fingerprint density at radius 3 is 2.68 bits per heavy atom. The van der Waals surface area contributed by atoms with Crippen molar-refractivity contribution in [2.24, 2.45) is 0 Å². The fourth-order valence-electron chi connectivity index (χ4n) is 3.69. The number of halogens is 2. The van der Waals surface area contributed by atoms with Crippen LogP contribution in [0.25, 0.3) is 0 Å². The molecule has 2 N–H and O–H groups in total. The Labute approximate surface area is 187 Å². The number of aliphatic hydroxyl groups is 1. The number of anilines is 1. The van der Waals surface area contributed by atoms with Gasteiger partial charge in [-0.05, 0) is 43.8 Å². The summed E-state index contributed by atoms with van der Waals surface area (Å²) in [5.74, 6) is 0.0728. The third-order valence-corrected chi connectivity index (χ3v) is 5.58. The molecule has 0 radical (unpaired) electrons. The maximum atomic E-state index is 14.1. The van der Waals surface area contributed by atoms with Crippen LogP contribution in [0, 0.1) is 5.82 Å². The van der Waals surface area contributed by atoms with Crippen LogP contribution < -0.4 is 10.1 Å². The van der Waals surface area contributed by atoms with Crippen molar-refractivity contribution < 1.29 is 19.0 Å². The van der Waals surface area contributed by atoms with E-state index >= 15 is 0 Å². The van der Waals surface area contributed by atoms with Gasteiger partial charge in [0.15, 0.2) is 0 Å². The summed E-state index contributed by atoms with van der Waals surface area (Å²) in [6.45, 7) is 5.76. The lowest BCUT2D eigenvalue weighted by molar-refractivity contribution is -0.114. The number of para-hydroxylation sites is 2. The zero-order valence-corrected chi connectivity index (χ0v) is 18.4. The SMILES string of the molecule is CC(=O)Nc1ccccc1OCC(O)CN1CCCN(Cc2c(F)cccc2Cl)CC1. The van der Waals surface area contributed by atoms with Crippen molar-refractivity contribution >= 4 is 23.2 Å². The van der Waals surface area contributed by atoms with Crippen LogP contribution in [-0.4, -0.2) is 66.2 Å². The Bertz CT molecular complexity index is 863. The topological polar surface area (TPSA) is 65.0 Å². The molecule has 1 atom stereocenters. The predicted octanol–water partition coefficient (Wildman–Crippen LogP) is 3.39. The molecule has 2 aromatic carbocycles. The summed E-state index contributed by atoms with van der Waals surface area (Å²) in [5.41, 5.74) is 1.11. The largest absolute Gasteiger partial charge is 0.489 e. The number of rotatable bonds is 8. The Hall–Kier alpha value is -2.19. The Morgan fingerprint density at radius 2 is 1.90 bits per heavy atom. The van der Waals surface area contributed by atoms with Gasteiger partial charge in [0.25, 0.3) is 0 Å². The fourth-order valence-corrected chi connectivity index (χ4v) is 3.92. The van der Waals surface area contributed by atoms with Gasteiger partial charge in [-0.25, -0.2) is 4.39 Å². The average molecular weight is 450 g/mol. The Morgan fingerprint density at radius 1 is 1.16 bits per heavy atom. The second-order valence-electron chi connectivity index (χ2n) is 7.77. The minimum absolute atomic E-state index is 0.127. The van der Waals surface area contributed by atoms with Crippen LogP contribution in [0.2, 0.25) is 5.02 Å². The molecule has 0 bridgehead atoms. The van der Waals surface area contributed by atoms with Gasteiger partial charge in [-0.2, -0.15) is 0 Å². The second kappa shape index (κ2) is 11.4. The zero-order valence-electron chi connectivity index (χ0n) is 17.7. The van der Waals surface area contributed by atoms with E-state index in [0.29, 0.717) is 35.1 Å². The van der Waals surface area contributed by atoms with Crippen LogP contribution in [0.3, 0.4) is 0 Å². The molecule has 1 aliphatic heterocycles. The first kappa shape index (κ1) is 23.5. The van der Waals surface area contributed by atoms with E-state index in [1.807, 2.05) is 12.1 Å². The molecule has 8 heteroatoms. The van der Waals surface area contributed by atoms with E-state index in [-0.39, 0.29) is 18.3 Å².